The molecule has 0 amide bonds. The fourth-order valence-corrected chi connectivity index (χ4v) is 6.53. The highest BCUT2D eigenvalue weighted by Crippen LogP contribution is 2.35. The van der Waals surface area contributed by atoms with E-state index in [0.29, 0.717) is 11.0 Å². The van der Waals surface area contributed by atoms with E-state index < -0.39 is 0 Å². The Bertz CT molecular complexity index is 431. The average Bonchev–Trinajstić information content (AvgIpc) is 2.66. The van der Waals surface area contributed by atoms with E-state index in [0.717, 1.165) is 19.1 Å². The highest BCUT2D eigenvalue weighted by Gasteiger charge is 2.21. The molecule has 1 saturated carbocycles. The summed E-state index contributed by atoms with van der Waals surface area (Å²) in [5.74, 6) is 1.68. The SMILES string of the molecule is CC1CCCC(SCC(=O)c2cc(Br)sc2Br)C1. The Labute approximate surface area is 133 Å². The molecular weight excluding hydrogens is 396 g/mol. The maximum absolute atomic E-state index is 12.1. The third kappa shape index (κ3) is 4.09. The Hall–Kier alpha value is 0.680. The van der Waals surface area contributed by atoms with Crippen LogP contribution in [0.5, 0.6) is 0 Å². The van der Waals surface area contributed by atoms with Gasteiger partial charge in [-0.05, 0) is 56.7 Å². The first-order valence-electron chi connectivity index (χ1n) is 6.16. The van der Waals surface area contributed by atoms with E-state index in [1.54, 1.807) is 11.3 Å². The number of carbonyl (C=O) groups excluding carboxylic acids is 1. The van der Waals surface area contributed by atoms with E-state index in [4.69, 9.17) is 0 Å². The molecule has 1 aromatic rings. The first-order chi connectivity index (χ1) is 8.56. The molecule has 5 heteroatoms. The van der Waals surface area contributed by atoms with Crippen molar-refractivity contribution < 1.29 is 4.79 Å². The number of ketones is 1. The van der Waals surface area contributed by atoms with Gasteiger partial charge in [-0.2, -0.15) is 11.8 Å². The molecule has 1 fully saturated rings. The molecule has 1 nitrogen and oxygen atoms in total. The summed E-state index contributed by atoms with van der Waals surface area (Å²) in [5.41, 5.74) is 0.822. The lowest BCUT2D eigenvalue weighted by molar-refractivity contribution is 0.102. The lowest BCUT2D eigenvalue weighted by atomic mass is 9.91. The second-order valence-electron chi connectivity index (χ2n) is 4.87. The normalized spacial score (nSPS) is 24.2. The second-order valence-corrected chi connectivity index (χ2v) is 9.90. The van der Waals surface area contributed by atoms with Crippen molar-refractivity contribution in [3.8, 4) is 0 Å². The molecular formula is C13H16Br2OS2. The van der Waals surface area contributed by atoms with Gasteiger partial charge in [-0.15, -0.1) is 11.3 Å². The average molecular weight is 412 g/mol. The highest BCUT2D eigenvalue weighted by atomic mass is 79.9. The van der Waals surface area contributed by atoms with Gasteiger partial charge in [0.2, 0.25) is 0 Å². The quantitative estimate of drug-likeness (QED) is 0.585. The van der Waals surface area contributed by atoms with Crippen LogP contribution in [0.4, 0.5) is 0 Å². The van der Waals surface area contributed by atoms with Crippen LogP contribution in [0, 0.1) is 5.92 Å². The molecule has 18 heavy (non-hydrogen) atoms. The van der Waals surface area contributed by atoms with E-state index in [1.165, 1.54) is 25.7 Å². The molecule has 0 radical (unpaired) electrons. The number of halogens is 2. The van der Waals surface area contributed by atoms with Gasteiger partial charge < -0.3 is 0 Å². The number of carbonyl (C=O) groups is 1. The molecule has 0 aromatic carbocycles. The smallest absolute Gasteiger partial charge is 0.174 e. The van der Waals surface area contributed by atoms with Gasteiger partial charge in [0.15, 0.2) is 5.78 Å². The van der Waals surface area contributed by atoms with Gasteiger partial charge in [0.05, 0.1) is 13.3 Å². The van der Waals surface area contributed by atoms with Crippen LogP contribution in [-0.2, 0) is 0 Å². The molecule has 1 heterocycles. The summed E-state index contributed by atoms with van der Waals surface area (Å²) in [6.45, 7) is 2.32. The fraction of sp³-hybridized carbons (Fsp3) is 0.615. The van der Waals surface area contributed by atoms with Crippen LogP contribution in [0.15, 0.2) is 13.6 Å². The van der Waals surface area contributed by atoms with Crippen molar-refractivity contribution in [3.63, 3.8) is 0 Å². The highest BCUT2D eigenvalue weighted by molar-refractivity contribution is 9.12. The van der Waals surface area contributed by atoms with Gasteiger partial charge >= 0.3 is 0 Å². The molecule has 2 atom stereocenters. The summed E-state index contributed by atoms with van der Waals surface area (Å²) in [6, 6.07) is 1.92. The molecule has 1 aliphatic rings. The molecule has 0 bridgehead atoms. The summed E-state index contributed by atoms with van der Waals surface area (Å²) in [6.07, 6.45) is 5.22. The van der Waals surface area contributed by atoms with E-state index >= 15 is 0 Å². The Morgan fingerprint density at radius 3 is 2.89 bits per heavy atom. The van der Waals surface area contributed by atoms with Crippen LogP contribution >= 0.6 is 55.0 Å². The predicted octanol–water partition coefficient (Wildman–Crippen LogP) is 5.77. The molecule has 2 rings (SSSR count). The number of hydrogen-bond acceptors (Lipinski definition) is 3. The van der Waals surface area contributed by atoms with Crippen molar-refractivity contribution in [1.82, 2.24) is 0 Å². The van der Waals surface area contributed by atoms with Crippen LogP contribution < -0.4 is 0 Å². The number of thioether (sulfide) groups is 1. The zero-order chi connectivity index (χ0) is 13.1. The summed E-state index contributed by atoms with van der Waals surface area (Å²) >= 11 is 10.3. The first-order valence-corrected chi connectivity index (χ1v) is 9.61. The van der Waals surface area contributed by atoms with E-state index in [2.05, 4.69) is 38.8 Å². The van der Waals surface area contributed by atoms with E-state index in [-0.39, 0.29) is 5.78 Å². The topological polar surface area (TPSA) is 17.1 Å². The van der Waals surface area contributed by atoms with Crippen molar-refractivity contribution in [2.45, 2.75) is 37.9 Å². The van der Waals surface area contributed by atoms with Gasteiger partial charge in [-0.1, -0.05) is 19.8 Å². The van der Waals surface area contributed by atoms with Gasteiger partial charge in [0, 0.05) is 10.8 Å². The summed E-state index contributed by atoms with van der Waals surface area (Å²) in [5, 5.41) is 0.679. The lowest BCUT2D eigenvalue weighted by Gasteiger charge is -2.25. The van der Waals surface area contributed by atoms with Gasteiger partial charge in [-0.3, -0.25) is 4.79 Å². The Kier molecular flexibility index (Phi) is 5.79. The van der Waals surface area contributed by atoms with E-state index in [1.807, 2.05) is 17.8 Å². The number of hydrogen-bond donors (Lipinski definition) is 0. The monoisotopic (exact) mass is 410 g/mol. The second kappa shape index (κ2) is 6.91. The first kappa shape index (κ1) is 15.1. The van der Waals surface area contributed by atoms with Crippen molar-refractivity contribution in [1.29, 1.82) is 0 Å². The zero-order valence-electron chi connectivity index (χ0n) is 10.2. The summed E-state index contributed by atoms with van der Waals surface area (Å²) in [7, 11) is 0. The Morgan fingerprint density at radius 1 is 1.50 bits per heavy atom. The third-order valence-corrected chi connectivity index (χ3v) is 6.96. The third-order valence-electron chi connectivity index (χ3n) is 3.30. The van der Waals surface area contributed by atoms with Gasteiger partial charge in [-0.25, -0.2) is 0 Å². The van der Waals surface area contributed by atoms with Gasteiger partial charge in [0.25, 0.3) is 0 Å². The number of thiophene rings is 1. The molecule has 0 spiro atoms. The maximum Gasteiger partial charge on any atom is 0.174 e. The van der Waals surface area contributed by atoms with Gasteiger partial charge in [0.1, 0.15) is 0 Å². The van der Waals surface area contributed by atoms with Crippen molar-refractivity contribution >= 4 is 60.7 Å². The molecule has 2 unspecified atom stereocenters. The summed E-state index contributed by atoms with van der Waals surface area (Å²) < 4.78 is 1.95. The molecule has 1 aliphatic carbocycles. The number of Topliss-reactive ketones (excluding diaryl/α,β-unsaturated/α-hetero) is 1. The predicted molar refractivity (Wildman–Crippen MR) is 87.9 cm³/mol. The maximum atomic E-state index is 12.1. The zero-order valence-corrected chi connectivity index (χ0v) is 15.1. The molecule has 0 N–H and O–H groups in total. The molecule has 100 valence electrons. The lowest BCUT2D eigenvalue weighted by Crippen LogP contribution is -2.17. The fourth-order valence-electron chi connectivity index (χ4n) is 2.33. The van der Waals surface area contributed by atoms with Crippen LogP contribution in [0.3, 0.4) is 0 Å². The minimum Gasteiger partial charge on any atom is -0.293 e. The Morgan fingerprint density at radius 2 is 2.28 bits per heavy atom. The minimum atomic E-state index is 0.243. The van der Waals surface area contributed by atoms with Crippen molar-refractivity contribution in [3.05, 3.63) is 19.2 Å². The largest absolute Gasteiger partial charge is 0.293 e. The standard InChI is InChI=1S/C13H16Br2OS2/c1-8-3-2-4-9(5-8)17-7-11(16)10-6-12(14)18-13(10)15/h6,8-9H,2-5,7H2,1H3. The Balaban J connectivity index is 1.86. The van der Waals surface area contributed by atoms with Crippen LogP contribution in [0.1, 0.15) is 43.0 Å². The minimum absolute atomic E-state index is 0.243. The van der Waals surface area contributed by atoms with E-state index in [9.17, 15) is 4.79 Å². The van der Waals surface area contributed by atoms with Crippen molar-refractivity contribution in [2.75, 3.05) is 5.75 Å². The van der Waals surface area contributed by atoms with Crippen LogP contribution in [0.25, 0.3) is 0 Å². The molecule has 1 aromatic heterocycles. The molecule has 0 saturated heterocycles. The van der Waals surface area contributed by atoms with Crippen molar-refractivity contribution in [2.24, 2.45) is 5.92 Å². The van der Waals surface area contributed by atoms with Crippen LogP contribution in [-0.4, -0.2) is 16.8 Å². The molecule has 0 aliphatic heterocycles. The van der Waals surface area contributed by atoms with Crippen LogP contribution in [0.2, 0.25) is 0 Å². The number of rotatable bonds is 4. The summed E-state index contributed by atoms with van der Waals surface area (Å²) in [4.78, 5) is 12.1.